The molecule has 4 nitrogen and oxygen atoms in total. The van der Waals surface area contributed by atoms with Gasteiger partial charge in [0.2, 0.25) is 10.0 Å². The lowest BCUT2D eigenvalue weighted by molar-refractivity contribution is 0.295. The number of aliphatic hydroxyl groups is 1. The summed E-state index contributed by atoms with van der Waals surface area (Å²) >= 11 is 0. The lowest BCUT2D eigenvalue weighted by Crippen LogP contribution is -2.33. The van der Waals surface area contributed by atoms with Crippen LogP contribution in [0.5, 0.6) is 0 Å². The summed E-state index contributed by atoms with van der Waals surface area (Å²) in [5.41, 5.74) is 1.77. The highest BCUT2D eigenvalue weighted by Crippen LogP contribution is 2.19. The van der Waals surface area contributed by atoms with Gasteiger partial charge in [-0.1, -0.05) is 17.7 Å². The van der Waals surface area contributed by atoms with Crippen molar-refractivity contribution in [2.24, 2.45) is 0 Å². The molecule has 0 radical (unpaired) electrons. The van der Waals surface area contributed by atoms with Gasteiger partial charge < -0.3 is 5.11 Å². The Bertz CT molecular complexity index is 439. The number of rotatable bonds is 6. The van der Waals surface area contributed by atoms with Crippen LogP contribution in [0.15, 0.2) is 24.3 Å². The van der Waals surface area contributed by atoms with Gasteiger partial charge in [0.1, 0.15) is 0 Å². The molecule has 0 aliphatic carbocycles. The molecule has 0 aliphatic heterocycles. The molecule has 0 unspecified atom stereocenters. The van der Waals surface area contributed by atoms with Crippen LogP contribution < -0.4 is 4.31 Å². The molecule has 1 aromatic carbocycles. The average Bonchev–Trinajstić information content (AvgIpc) is 2.30. The fourth-order valence-electron chi connectivity index (χ4n) is 1.61. The number of hydrogen-bond acceptors (Lipinski definition) is 3. The van der Waals surface area contributed by atoms with Crippen LogP contribution in [0, 0.1) is 6.92 Å². The molecule has 17 heavy (non-hydrogen) atoms. The Morgan fingerprint density at radius 3 is 2.29 bits per heavy atom. The van der Waals surface area contributed by atoms with E-state index in [9.17, 15) is 8.42 Å². The summed E-state index contributed by atoms with van der Waals surface area (Å²) in [6, 6.07) is 7.38. The van der Waals surface area contributed by atoms with E-state index in [1.54, 1.807) is 19.1 Å². The first kappa shape index (κ1) is 14.0. The average molecular weight is 257 g/mol. The van der Waals surface area contributed by atoms with Crippen molar-refractivity contribution in [1.29, 1.82) is 0 Å². The monoisotopic (exact) mass is 257 g/mol. The minimum absolute atomic E-state index is 0.0226. The third-order valence-electron chi connectivity index (χ3n) is 2.51. The second-order valence-corrected chi connectivity index (χ2v) is 5.91. The molecule has 0 spiro atoms. The highest BCUT2D eigenvalue weighted by atomic mass is 32.2. The van der Waals surface area contributed by atoms with Gasteiger partial charge in [0.05, 0.1) is 11.4 Å². The van der Waals surface area contributed by atoms with Crippen LogP contribution >= 0.6 is 0 Å². The van der Waals surface area contributed by atoms with E-state index < -0.39 is 10.0 Å². The second kappa shape index (κ2) is 6.02. The summed E-state index contributed by atoms with van der Waals surface area (Å²) in [6.07, 6.45) is 0.269. The second-order valence-electron chi connectivity index (χ2n) is 3.89. The fourth-order valence-corrected chi connectivity index (χ4v) is 3.16. The summed E-state index contributed by atoms with van der Waals surface area (Å²) in [5.74, 6) is -0.0226. The minimum atomic E-state index is -3.33. The van der Waals surface area contributed by atoms with Crippen LogP contribution in [-0.4, -0.2) is 32.4 Å². The van der Waals surface area contributed by atoms with Gasteiger partial charge in [0, 0.05) is 13.2 Å². The number of anilines is 1. The van der Waals surface area contributed by atoms with Crippen LogP contribution in [0.4, 0.5) is 5.69 Å². The molecule has 1 aromatic rings. The number of aryl methyl sites for hydroxylation is 1. The predicted molar refractivity (Wildman–Crippen MR) is 69.7 cm³/mol. The maximum atomic E-state index is 12.0. The van der Waals surface area contributed by atoms with E-state index in [0.29, 0.717) is 12.2 Å². The molecule has 5 heteroatoms. The van der Waals surface area contributed by atoms with Gasteiger partial charge in [-0.25, -0.2) is 8.42 Å². The van der Waals surface area contributed by atoms with Crippen molar-refractivity contribution < 1.29 is 13.5 Å². The molecule has 0 heterocycles. The molecule has 1 rings (SSSR count). The number of nitrogens with zero attached hydrogens (tertiary/aromatic N) is 1. The van der Waals surface area contributed by atoms with Gasteiger partial charge in [0.25, 0.3) is 0 Å². The molecule has 0 saturated heterocycles. The molecule has 0 amide bonds. The van der Waals surface area contributed by atoms with Gasteiger partial charge in [-0.15, -0.1) is 0 Å². The van der Waals surface area contributed by atoms with Crippen LogP contribution in [0.25, 0.3) is 0 Å². The van der Waals surface area contributed by atoms with E-state index in [0.717, 1.165) is 5.56 Å². The number of sulfonamides is 1. The molecule has 0 bridgehead atoms. The van der Waals surface area contributed by atoms with E-state index >= 15 is 0 Å². The molecule has 0 aliphatic rings. The van der Waals surface area contributed by atoms with Crippen molar-refractivity contribution in [3.63, 3.8) is 0 Å². The first-order chi connectivity index (χ1) is 8.01. The third-order valence-corrected chi connectivity index (χ3v) is 4.45. The van der Waals surface area contributed by atoms with Gasteiger partial charge in [-0.05, 0) is 32.4 Å². The number of benzene rings is 1. The zero-order valence-corrected chi connectivity index (χ0v) is 11.1. The van der Waals surface area contributed by atoms with E-state index in [1.807, 2.05) is 19.1 Å². The number of aliphatic hydroxyl groups excluding tert-OH is 1. The Morgan fingerprint density at radius 2 is 1.82 bits per heavy atom. The SMILES string of the molecule is CCN(c1ccc(C)cc1)S(=O)(=O)CCCO. The van der Waals surface area contributed by atoms with Crippen molar-refractivity contribution in [2.75, 3.05) is 23.2 Å². The molecule has 0 atom stereocenters. The smallest absolute Gasteiger partial charge is 0.235 e. The summed E-state index contributed by atoms with van der Waals surface area (Å²) in [6.45, 7) is 4.05. The summed E-state index contributed by atoms with van der Waals surface area (Å²) in [4.78, 5) is 0. The van der Waals surface area contributed by atoms with Crippen molar-refractivity contribution in [3.05, 3.63) is 29.8 Å². The molecular weight excluding hydrogens is 238 g/mol. The first-order valence-electron chi connectivity index (χ1n) is 5.69. The largest absolute Gasteiger partial charge is 0.396 e. The van der Waals surface area contributed by atoms with E-state index in [2.05, 4.69) is 0 Å². The maximum absolute atomic E-state index is 12.0. The lowest BCUT2D eigenvalue weighted by atomic mass is 10.2. The fraction of sp³-hybridized carbons (Fsp3) is 0.500. The topological polar surface area (TPSA) is 57.6 Å². The first-order valence-corrected chi connectivity index (χ1v) is 7.30. The predicted octanol–water partition coefficient (Wildman–Crippen LogP) is 1.53. The lowest BCUT2D eigenvalue weighted by Gasteiger charge is -2.22. The molecule has 0 aromatic heterocycles. The van der Waals surface area contributed by atoms with Crippen LogP contribution in [0.1, 0.15) is 18.9 Å². The Kier molecular flexibility index (Phi) is 4.96. The van der Waals surface area contributed by atoms with Gasteiger partial charge in [-0.2, -0.15) is 0 Å². The summed E-state index contributed by atoms with van der Waals surface area (Å²) in [7, 11) is -3.33. The minimum Gasteiger partial charge on any atom is -0.396 e. The Hall–Kier alpha value is -1.07. The van der Waals surface area contributed by atoms with Gasteiger partial charge in [-0.3, -0.25) is 4.31 Å². The maximum Gasteiger partial charge on any atom is 0.235 e. The van der Waals surface area contributed by atoms with E-state index in [-0.39, 0.29) is 18.8 Å². The van der Waals surface area contributed by atoms with Crippen LogP contribution in [0.2, 0.25) is 0 Å². The number of hydrogen-bond donors (Lipinski definition) is 1. The van der Waals surface area contributed by atoms with Gasteiger partial charge >= 0.3 is 0 Å². The van der Waals surface area contributed by atoms with Crippen molar-refractivity contribution in [1.82, 2.24) is 0 Å². The Morgan fingerprint density at radius 1 is 1.24 bits per heavy atom. The Balaban J connectivity index is 2.95. The Labute approximate surface area is 103 Å². The highest BCUT2D eigenvalue weighted by Gasteiger charge is 2.20. The van der Waals surface area contributed by atoms with Crippen molar-refractivity contribution in [3.8, 4) is 0 Å². The van der Waals surface area contributed by atoms with E-state index in [4.69, 9.17) is 5.11 Å². The molecule has 96 valence electrons. The summed E-state index contributed by atoms with van der Waals surface area (Å²) in [5, 5.41) is 8.71. The van der Waals surface area contributed by atoms with Gasteiger partial charge in [0.15, 0.2) is 0 Å². The van der Waals surface area contributed by atoms with E-state index in [1.165, 1.54) is 4.31 Å². The normalized spacial score (nSPS) is 11.5. The third kappa shape index (κ3) is 3.71. The summed E-state index contributed by atoms with van der Waals surface area (Å²) < 4.78 is 25.4. The highest BCUT2D eigenvalue weighted by molar-refractivity contribution is 7.92. The van der Waals surface area contributed by atoms with Crippen LogP contribution in [-0.2, 0) is 10.0 Å². The zero-order valence-electron chi connectivity index (χ0n) is 10.3. The van der Waals surface area contributed by atoms with Crippen molar-refractivity contribution >= 4 is 15.7 Å². The van der Waals surface area contributed by atoms with Crippen molar-refractivity contribution in [2.45, 2.75) is 20.3 Å². The molecular formula is C12H19NO3S. The van der Waals surface area contributed by atoms with Crippen LogP contribution in [0.3, 0.4) is 0 Å². The molecule has 0 fully saturated rings. The molecule has 0 saturated carbocycles. The molecule has 1 N–H and O–H groups in total. The quantitative estimate of drug-likeness (QED) is 0.841. The zero-order chi connectivity index (χ0) is 12.9. The standard InChI is InChI=1S/C12H19NO3S/c1-3-13(17(15,16)10-4-9-14)12-7-5-11(2)6-8-12/h5-8,14H,3-4,9-10H2,1-2H3.